The van der Waals surface area contributed by atoms with E-state index in [-0.39, 0.29) is 24.1 Å². The van der Waals surface area contributed by atoms with Crippen molar-refractivity contribution in [3.05, 3.63) is 34.9 Å². The second-order valence-corrected chi connectivity index (χ2v) is 7.69. The van der Waals surface area contributed by atoms with Crippen molar-refractivity contribution in [3.63, 3.8) is 0 Å². The van der Waals surface area contributed by atoms with Crippen LogP contribution in [0.1, 0.15) is 47.2 Å². The predicted molar refractivity (Wildman–Crippen MR) is 100.0 cm³/mol. The molecule has 3 aliphatic rings. The normalized spacial score (nSPS) is 23.0. The molecule has 148 valence electrons. The van der Waals surface area contributed by atoms with Gasteiger partial charge in [0.15, 0.2) is 0 Å². The third-order valence-electron chi connectivity index (χ3n) is 5.86. The molecule has 2 fully saturated rings. The summed E-state index contributed by atoms with van der Waals surface area (Å²) in [4.78, 5) is 50.3. The van der Waals surface area contributed by atoms with Crippen LogP contribution in [0.5, 0.6) is 0 Å². The van der Waals surface area contributed by atoms with E-state index in [1.165, 1.54) is 0 Å². The van der Waals surface area contributed by atoms with E-state index in [0.717, 1.165) is 43.5 Å². The van der Waals surface area contributed by atoms with E-state index in [4.69, 9.17) is 0 Å². The maximum absolute atomic E-state index is 12.7. The first-order valence-electron chi connectivity index (χ1n) is 9.74. The van der Waals surface area contributed by atoms with Gasteiger partial charge in [0.05, 0.1) is 0 Å². The molecule has 8 nitrogen and oxygen atoms in total. The minimum Gasteiger partial charge on any atom is -0.345 e. The molecule has 1 aromatic rings. The summed E-state index contributed by atoms with van der Waals surface area (Å²) in [6, 6.07) is 5.59. The number of piperidine rings is 2. The molecule has 2 N–H and O–H groups in total. The Morgan fingerprint density at radius 2 is 1.93 bits per heavy atom. The van der Waals surface area contributed by atoms with Gasteiger partial charge in [-0.25, -0.2) is 0 Å². The van der Waals surface area contributed by atoms with Crippen LogP contribution < -0.4 is 10.6 Å². The Morgan fingerprint density at radius 1 is 1.14 bits per heavy atom. The van der Waals surface area contributed by atoms with Gasteiger partial charge in [0.2, 0.25) is 18.2 Å². The molecule has 0 radical (unpaired) electrons. The van der Waals surface area contributed by atoms with E-state index in [0.29, 0.717) is 31.1 Å². The monoisotopic (exact) mass is 384 g/mol. The van der Waals surface area contributed by atoms with Gasteiger partial charge in [-0.05, 0) is 36.5 Å². The molecule has 1 aromatic carbocycles. The Hall–Kier alpha value is -2.74. The highest BCUT2D eigenvalue weighted by atomic mass is 16.2. The molecular weight excluding hydrogens is 360 g/mol. The van der Waals surface area contributed by atoms with Crippen molar-refractivity contribution < 1.29 is 19.2 Å². The molecule has 0 spiro atoms. The molecule has 0 bridgehead atoms. The number of benzene rings is 1. The van der Waals surface area contributed by atoms with Gasteiger partial charge in [-0.2, -0.15) is 0 Å². The van der Waals surface area contributed by atoms with Crippen LogP contribution in [0.3, 0.4) is 0 Å². The van der Waals surface area contributed by atoms with E-state index in [9.17, 15) is 19.2 Å². The molecular formula is C20H24N4O4. The number of nitrogens with one attached hydrogen (secondary N) is 2. The Balaban J connectivity index is 1.38. The average molecular weight is 384 g/mol. The topological polar surface area (TPSA) is 98.8 Å². The smallest absolute Gasteiger partial charge is 0.255 e. The summed E-state index contributed by atoms with van der Waals surface area (Å²) in [6.07, 6.45) is 3.41. The second-order valence-electron chi connectivity index (χ2n) is 7.69. The van der Waals surface area contributed by atoms with Crippen molar-refractivity contribution in [2.45, 2.75) is 50.9 Å². The van der Waals surface area contributed by atoms with E-state index in [1.54, 1.807) is 9.80 Å². The van der Waals surface area contributed by atoms with Crippen LogP contribution in [-0.2, 0) is 27.5 Å². The third kappa shape index (κ3) is 3.64. The van der Waals surface area contributed by atoms with Gasteiger partial charge < -0.3 is 15.1 Å². The van der Waals surface area contributed by atoms with Crippen LogP contribution in [0.25, 0.3) is 0 Å². The summed E-state index contributed by atoms with van der Waals surface area (Å²) in [5.74, 6) is -0.816. The highest BCUT2D eigenvalue weighted by Crippen LogP contribution is 2.28. The van der Waals surface area contributed by atoms with Gasteiger partial charge in [-0.3, -0.25) is 24.5 Å². The molecule has 0 aliphatic carbocycles. The first-order chi connectivity index (χ1) is 13.5. The average Bonchev–Trinajstić information content (AvgIpc) is 3.02. The number of carbonyl (C=O) groups is 4. The SMILES string of the molecule is O=CN1CCC(NCc2ccc3c(c2)CN(C2CCC(=O)NC2=O)C3=O)CC1. The van der Waals surface area contributed by atoms with E-state index in [2.05, 4.69) is 10.6 Å². The number of amides is 4. The summed E-state index contributed by atoms with van der Waals surface area (Å²) in [7, 11) is 0. The number of nitrogens with zero attached hydrogens (tertiary/aromatic N) is 2. The fourth-order valence-corrected chi connectivity index (χ4v) is 4.21. The summed E-state index contributed by atoms with van der Waals surface area (Å²) in [6.45, 7) is 2.65. The lowest BCUT2D eigenvalue weighted by atomic mass is 10.0. The number of imide groups is 1. The zero-order valence-electron chi connectivity index (χ0n) is 15.6. The highest BCUT2D eigenvalue weighted by molar-refractivity contribution is 6.05. The maximum Gasteiger partial charge on any atom is 0.255 e. The standard InChI is InChI=1S/C20H24N4O4/c25-12-23-7-5-15(6-8-23)21-10-13-1-2-16-14(9-13)11-24(20(16)28)17-3-4-18(26)22-19(17)27/h1-2,9,12,15,17,21H,3-8,10-11H2,(H,22,26,27). The van der Waals surface area contributed by atoms with Gasteiger partial charge in [0.1, 0.15) is 6.04 Å². The summed E-state index contributed by atoms with van der Waals surface area (Å²) >= 11 is 0. The largest absolute Gasteiger partial charge is 0.345 e. The summed E-state index contributed by atoms with van der Waals surface area (Å²) in [5, 5.41) is 5.85. The zero-order chi connectivity index (χ0) is 19.7. The van der Waals surface area contributed by atoms with Gasteiger partial charge >= 0.3 is 0 Å². The Morgan fingerprint density at radius 3 is 2.64 bits per heavy atom. The molecule has 3 heterocycles. The van der Waals surface area contributed by atoms with Crippen LogP contribution >= 0.6 is 0 Å². The number of likely N-dealkylation sites (tertiary alicyclic amines) is 1. The number of rotatable bonds is 5. The van der Waals surface area contributed by atoms with Crippen LogP contribution in [-0.4, -0.2) is 59.1 Å². The second kappa shape index (κ2) is 7.71. The minimum atomic E-state index is -0.581. The van der Waals surface area contributed by atoms with Gasteiger partial charge in [0.25, 0.3) is 5.91 Å². The molecule has 0 aromatic heterocycles. The number of carbonyl (C=O) groups excluding carboxylic acids is 4. The van der Waals surface area contributed by atoms with Crippen LogP contribution in [0, 0.1) is 0 Å². The molecule has 28 heavy (non-hydrogen) atoms. The third-order valence-corrected chi connectivity index (χ3v) is 5.86. The lowest BCUT2D eigenvalue weighted by Crippen LogP contribution is -2.52. The van der Waals surface area contributed by atoms with Crippen molar-refractivity contribution in [1.82, 2.24) is 20.4 Å². The number of hydrogen-bond acceptors (Lipinski definition) is 5. The lowest BCUT2D eigenvalue weighted by Gasteiger charge is -2.29. The van der Waals surface area contributed by atoms with Crippen molar-refractivity contribution >= 4 is 24.1 Å². The molecule has 1 unspecified atom stereocenters. The van der Waals surface area contributed by atoms with Crippen molar-refractivity contribution in [1.29, 1.82) is 0 Å². The molecule has 8 heteroatoms. The molecule has 3 aliphatic heterocycles. The van der Waals surface area contributed by atoms with E-state index in [1.807, 2.05) is 18.2 Å². The Kier molecular flexibility index (Phi) is 5.13. The Labute approximate surface area is 163 Å². The molecule has 1 atom stereocenters. The fourth-order valence-electron chi connectivity index (χ4n) is 4.21. The van der Waals surface area contributed by atoms with Gasteiger partial charge in [-0.1, -0.05) is 12.1 Å². The molecule has 4 amide bonds. The number of hydrogen-bond donors (Lipinski definition) is 2. The summed E-state index contributed by atoms with van der Waals surface area (Å²) in [5.41, 5.74) is 2.65. The summed E-state index contributed by atoms with van der Waals surface area (Å²) < 4.78 is 0. The van der Waals surface area contributed by atoms with Gasteiger partial charge in [-0.15, -0.1) is 0 Å². The highest BCUT2D eigenvalue weighted by Gasteiger charge is 2.39. The maximum atomic E-state index is 12.7. The van der Waals surface area contributed by atoms with Crippen molar-refractivity contribution in [2.24, 2.45) is 0 Å². The first kappa shape index (κ1) is 18.6. The fraction of sp³-hybridized carbons (Fsp3) is 0.500. The minimum absolute atomic E-state index is 0.148. The quantitative estimate of drug-likeness (QED) is 0.557. The van der Waals surface area contributed by atoms with Crippen LogP contribution in [0.2, 0.25) is 0 Å². The van der Waals surface area contributed by atoms with E-state index >= 15 is 0 Å². The molecule has 0 saturated carbocycles. The van der Waals surface area contributed by atoms with E-state index < -0.39 is 6.04 Å². The Bertz CT molecular complexity index is 816. The van der Waals surface area contributed by atoms with Gasteiger partial charge in [0, 0.05) is 44.2 Å². The first-order valence-corrected chi connectivity index (χ1v) is 9.74. The van der Waals surface area contributed by atoms with Crippen molar-refractivity contribution in [3.8, 4) is 0 Å². The number of fused-ring (bicyclic) bond motifs is 1. The van der Waals surface area contributed by atoms with Crippen molar-refractivity contribution in [2.75, 3.05) is 13.1 Å². The molecule has 4 rings (SSSR count). The lowest BCUT2D eigenvalue weighted by molar-refractivity contribution is -0.137. The predicted octanol–water partition coefficient (Wildman–Crippen LogP) is 0.158. The molecule has 2 saturated heterocycles. The van der Waals surface area contributed by atoms with Crippen LogP contribution in [0.4, 0.5) is 0 Å². The zero-order valence-corrected chi connectivity index (χ0v) is 15.6. The van der Waals surface area contributed by atoms with Crippen LogP contribution in [0.15, 0.2) is 18.2 Å².